The van der Waals surface area contributed by atoms with Crippen LogP contribution >= 0.6 is 15.9 Å². The van der Waals surface area contributed by atoms with Crippen LogP contribution in [0.1, 0.15) is 12.8 Å². The normalized spacial score (nSPS) is 23.1. The summed E-state index contributed by atoms with van der Waals surface area (Å²) in [5.41, 5.74) is 0. The van der Waals surface area contributed by atoms with Gasteiger partial charge >= 0.3 is 0 Å². The Labute approximate surface area is 126 Å². The van der Waals surface area contributed by atoms with E-state index in [0.717, 1.165) is 55.9 Å². The number of carbonyl (C=O) groups excluding carboxylic acids is 1. The van der Waals surface area contributed by atoms with Gasteiger partial charge in [-0.2, -0.15) is 0 Å². The van der Waals surface area contributed by atoms with Crippen molar-refractivity contribution < 1.29 is 4.79 Å². The largest absolute Gasteiger partial charge is 0.344 e. The summed E-state index contributed by atoms with van der Waals surface area (Å²) in [5.74, 6) is 1.06. The maximum atomic E-state index is 12.7. The van der Waals surface area contributed by atoms with E-state index in [9.17, 15) is 4.79 Å². The molecule has 3 heterocycles. The molecule has 6 nitrogen and oxygen atoms in total. The molecule has 1 aromatic heterocycles. The summed E-state index contributed by atoms with van der Waals surface area (Å²) in [5, 5.41) is 3.28. The third-order valence-corrected chi connectivity index (χ3v) is 4.45. The van der Waals surface area contributed by atoms with Crippen LogP contribution in [-0.2, 0) is 4.79 Å². The van der Waals surface area contributed by atoms with Gasteiger partial charge in [0.25, 0.3) is 0 Å². The summed E-state index contributed by atoms with van der Waals surface area (Å²) >= 11 is 3.48. The zero-order chi connectivity index (χ0) is 13.9. The van der Waals surface area contributed by atoms with Gasteiger partial charge in [-0.05, 0) is 28.8 Å². The fraction of sp³-hybridized carbons (Fsp3) is 0.615. The topological polar surface area (TPSA) is 61.4 Å². The number of carbonyl (C=O) groups is 1. The predicted octanol–water partition coefficient (Wildman–Crippen LogP) is 0.640. The lowest BCUT2D eigenvalue weighted by Crippen LogP contribution is -2.52. The SMILES string of the molecule is O=C(C1CCCN1c1ncncc1Br)N1CCNCC1. The van der Waals surface area contributed by atoms with Crippen LogP contribution in [0.5, 0.6) is 0 Å². The number of amides is 1. The Morgan fingerprint density at radius 1 is 1.35 bits per heavy atom. The molecule has 2 saturated heterocycles. The summed E-state index contributed by atoms with van der Waals surface area (Å²) in [7, 11) is 0. The minimum absolute atomic E-state index is 0.0840. The van der Waals surface area contributed by atoms with E-state index in [0.29, 0.717) is 0 Å². The maximum absolute atomic E-state index is 12.7. The molecule has 7 heteroatoms. The van der Waals surface area contributed by atoms with Crippen molar-refractivity contribution in [2.75, 3.05) is 37.6 Å². The van der Waals surface area contributed by atoms with Gasteiger partial charge in [0.15, 0.2) is 0 Å². The first-order valence-electron chi connectivity index (χ1n) is 6.99. The molecule has 2 fully saturated rings. The average Bonchev–Trinajstić information content (AvgIpc) is 2.97. The van der Waals surface area contributed by atoms with Crippen molar-refractivity contribution in [2.45, 2.75) is 18.9 Å². The molecule has 20 heavy (non-hydrogen) atoms. The van der Waals surface area contributed by atoms with E-state index in [1.54, 1.807) is 6.20 Å². The number of anilines is 1. The number of hydrogen-bond donors (Lipinski definition) is 1. The first-order chi connectivity index (χ1) is 9.77. The minimum Gasteiger partial charge on any atom is -0.344 e. The lowest BCUT2D eigenvalue weighted by atomic mass is 10.1. The number of halogens is 1. The molecule has 1 amide bonds. The van der Waals surface area contributed by atoms with Crippen molar-refractivity contribution in [2.24, 2.45) is 0 Å². The highest BCUT2D eigenvalue weighted by Crippen LogP contribution is 2.30. The summed E-state index contributed by atoms with van der Waals surface area (Å²) in [4.78, 5) is 25.1. The van der Waals surface area contributed by atoms with E-state index in [1.165, 1.54) is 6.33 Å². The van der Waals surface area contributed by atoms with Crippen molar-refractivity contribution in [1.82, 2.24) is 20.2 Å². The fourth-order valence-corrected chi connectivity index (χ4v) is 3.34. The predicted molar refractivity (Wildman–Crippen MR) is 79.5 cm³/mol. The van der Waals surface area contributed by atoms with E-state index >= 15 is 0 Å². The molecule has 1 unspecified atom stereocenters. The second-order valence-electron chi connectivity index (χ2n) is 5.12. The Bertz CT molecular complexity index is 491. The van der Waals surface area contributed by atoms with Crippen LogP contribution in [0.3, 0.4) is 0 Å². The van der Waals surface area contributed by atoms with Crippen molar-refractivity contribution in [1.29, 1.82) is 0 Å². The van der Waals surface area contributed by atoms with Crippen molar-refractivity contribution in [3.05, 3.63) is 17.0 Å². The molecular formula is C13H18BrN5O. The van der Waals surface area contributed by atoms with Crippen LogP contribution in [0.15, 0.2) is 17.0 Å². The zero-order valence-corrected chi connectivity index (χ0v) is 12.8. The summed E-state index contributed by atoms with van der Waals surface area (Å²) in [6.45, 7) is 4.24. The Balaban J connectivity index is 1.78. The Hall–Kier alpha value is -1.21. The van der Waals surface area contributed by atoms with Crippen molar-refractivity contribution in [3.63, 3.8) is 0 Å². The van der Waals surface area contributed by atoms with E-state index in [1.807, 2.05) is 4.90 Å². The van der Waals surface area contributed by atoms with Gasteiger partial charge in [-0.15, -0.1) is 0 Å². The summed E-state index contributed by atoms with van der Waals surface area (Å²) < 4.78 is 0.847. The first kappa shape index (κ1) is 13.8. The summed E-state index contributed by atoms with van der Waals surface area (Å²) in [6.07, 6.45) is 5.19. The van der Waals surface area contributed by atoms with Crippen LogP contribution in [0.2, 0.25) is 0 Å². The number of nitrogens with zero attached hydrogens (tertiary/aromatic N) is 4. The second-order valence-corrected chi connectivity index (χ2v) is 5.98. The first-order valence-corrected chi connectivity index (χ1v) is 7.78. The number of nitrogens with one attached hydrogen (secondary N) is 1. The molecule has 0 aliphatic carbocycles. The van der Waals surface area contributed by atoms with Crippen molar-refractivity contribution in [3.8, 4) is 0 Å². The zero-order valence-electron chi connectivity index (χ0n) is 11.3. The highest BCUT2D eigenvalue weighted by Gasteiger charge is 2.35. The van der Waals surface area contributed by atoms with Gasteiger partial charge in [-0.1, -0.05) is 0 Å². The number of aromatic nitrogens is 2. The van der Waals surface area contributed by atoms with Crippen LogP contribution in [0, 0.1) is 0 Å². The molecule has 1 aromatic rings. The molecule has 1 N–H and O–H groups in total. The third kappa shape index (κ3) is 2.64. The molecular weight excluding hydrogens is 322 g/mol. The highest BCUT2D eigenvalue weighted by molar-refractivity contribution is 9.10. The quantitative estimate of drug-likeness (QED) is 0.856. The molecule has 2 aliphatic rings. The maximum Gasteiger partial charge on any atom is 0.245 e. The van der Waals surface area contributed by atoms with Gasteiger partial charge in [0, 0.05) is 38.9 Å². The molecule has 0 radical (unpaired) electrons. The smallest absolute Gasteiger partial charge is 0.245 e. The lowest BCUT2D eigenvalue weighted by molar-refractivity contribution is -0.133. The molecule has 2 aliphatic heterocycles. The second kappa shape index (κ2) is 6.05. The molecule has 1 atom stereocenters. The molecule has 0 saturated carbocycles. The number of hydrogen-bond acceptors (Lipinski definition) is 5. The standard InChI is InChI=1S/C13H18BrN5O/c14-10-8-16-9-17-12(10)19-5-1-2-11(19)13(20)18-6-3-15-4-7-18/h8-9,11,15H,1-7H2. The fourth-order valence-electron chi connectivity index (χ4n) is 2.89. The van der Waals surface area contributed by atoms with E-state index in [2.05, 4.69) is 36.1 Å². The Morgan fingerprint density at radius 2 is 2.15 bits per heavy atom. The van der Waals surface area contributed by atoms with E-state index in [-0.39, 0.29) is 11.9 Å². The van der Waals surface area contributed by atoms with Gasteiger partial charge in [0.05, 0.1) is 4.47 Å². The van der Waals surface area contributed by atoms with Crippen LogP contribution in [-0.4, -0.2) is 59.5 Å². The lowest BCUT2D eigenvalue weighted by Gasteiger charge is -2.33. The van der Waals surface area contributed by atoms with Crippen LogP contribution in [0.25, 0.3) is 0 Å². The van der Waals surface area contributed by atoms with Gasteiger partial charge < -0.3 is 15.1 Å². The highest BCUT2D eigenvalue weighted by atomic mass is 79.9. The van der Waals surface area contributed by atoms with Crippen molar-refractivity contribution >= 4 is 27.7 Å². The Kier molecular flexibility index (Phi) is 4.16. The van der Waals surface area contributed by atoms with Gasteiger partial charge in [0.1, 0.15) is 18.2 Å². The summed E-state index contributed by atoms with van der Waals surface area (Å²) in [6, 6.07) is -0.0840. The van der Waals surface area contributed by atoms with Gasteiger partial charge in [-0.3, -0.25) is 4.79 Å². The molecule has 3 rings (SSSR count). The third-order valence-electron chi connectivity index (χ3n) is 3.89. The number of piperazine rings is 1. The molecule has 0 bridgehead atoms. The molecule has 108 valence electrons. The van der Waals surface area contributed by atoms with Crippen LogP contribution < -0.4 is 10.2 Å². The molecule has 0 spiro atoms. The monoisotopic (exact) mass is 339 g/mol. The Morgan fingerprint density at radius 3 is 2.90 bits per heavy atom. The van der Waals surface area contributed by atoms with Crippen LogP contribution in [0.4, 0.5) is 5.82 Å². The minimum atomic E-state index is -0.0840. The average molecular weight is 340 g/mol. The van der Waals surface area contributed by atoms with Gasteiger partial charge in [0.2, 0.25) is 5.91 Å². The van der Waals surface area contributed by atoms with Gasteiger partial charge in [-0.25, -0.2) is 9.97 Å². The van der Waals surface area contributed by atoms with E-state index in [4.69, 9.17) is 0 Å². The number of rotatable bonds is 2. The molecule has 0 aromatic carbocycles. The van der Waals surface area contributed by atoms with E-state index < -0.39 is 0 Å².